The first-order valence-electron chi connectivity index (χ1n) is 8.47. The molecule has 30 heavy (non-hydrogen) atoms. The van der Waals surface area contributed by atoms with Crippen LogP contribution < -0.4 is 10.2 Å². The van der Waals surface area contributed by atoms with E-state index in [1.54, 1.807) is 42.5 Å². The van der Waals surface area contributed by atoms with Gasteiger partial charge in [0.05, 0.1) is 16.7 Å². The van der Waals surface area contributed by atoms with Gasteiger partial charge in [0.1, 0.15) is 24.7 Å². The van der Waals surface area contributed by atoms with Gasteiger partial charge in [-0.1, -0.05) is 29.8 Å². The number of nitrogens with one attached hydrogen (secondary N) is 1. The highest BCUT2D eigenvalue weighted by molar-refractivity contribution is 6.30. The molecule has 2 aromatic carbocycles. The predicted molar refractivity (Wildman–Crippen MR) is 107 cm³/mol. The lowest BCUT2D eigenvalue weighted by atomic mass is 10.2. The zero-order chi connectivity index (χ0) is 21.5. The lowest BCUT2D eigenvalue weighted by Crippen LogP contribution is -2.23. The molecule has 0 radical (unpaired) electrons. The normalized spacial score (nSPS) is 10.7. The molecule has 3 aromatic rings. The number of halogens is 1. The fourth-order valence-electron chi connectivity index (χ4n) is 2.33. The Hall–Kier alpha value is -4.05. The minimum atomic E-state index is -0.605. The number of esters is 1. The topological polar surface area (TPSA) is 129 Å². The molecule has 1 aromatic heterocycles. The van der Waals surface area contributed by atoms with E-state index in [2.05, 4.69) is 15.6 Å². The Balaban J connectivity index is 1.56. The quantitative estimate of drug-likeness (QED) is 0.203. The third-order valence-electron chi connectivity index (χ3n) is 3.67. The Labute approximate surface area is 174 Å². The van der Waals surface area contributed by atoms with E-state index in [1.807, 2.05) is 0 Å². The largest absolute Gasteiger partial charge is 0.423 e. The first kappa shape index (κ1) is 20.7. The zero-order valence-corrected chi connectivity index (χ0v) is 16.0. The average Bonchev–Trinajstić information content (AvgIpc) is 3.17. The molecule has 1 amide bonds. The SMILES string of the molecule is O=C(Cn1cc([N+](=O)[O-])cn1)N/N=C/c1cccc(OC(=O)c2cccc(Cl)c2)c1. The van der Waals surface area contributed by atoms with Crippen LogP contribution >= 0.6 is 11.6 Å². The van der Waals surface area contributed by atoms with Crippen LogP contribution in [0.3, 0.4) is 0 Å². The van der Waals surface area contributed by atoms with Gasteiger partial charge < -0.3 is 4.74 Å². The van der Waals surface area contributed by atoms with Crippen molar-refractivity contribution in [2.45, 2.75) is 6.54 Å². The number of hydrogen-bond donors (Lipinski definition) is 1. The Bertz CT molecular complexity index is 1130. The molecule has 0 unspecified atom stereocenters. The van der Waals surface area contributed by atoms with E-state index in [-0.39, 0.29) is 12.2 Å². The molecular weight excluding hydrogens is 414 g/mol. The number of amides is 1. The molecule has 0 fully saturated rings. The first-order valence-corrected chi connectivity index (χ1v) is 8.85. The van der Waals surface area contributed by atoms with Crippen molar-refractivity contribution in [3.63, 3.8) is 0 Å². The molecule has 0 atom stereocenters. The van der Waals surface area contributed by atoms with Gasteiger partial charge in [0.2, 0.25) is 0 Å². The Kier molecular flexibility index (Phi) is 6.50. The molecule has 0 saturated carbocycles. The van der Waals surface area contributed by atoms with Gasteiger partial charge >= 0.3 is 11.7 Å². The maximum Gasteiger partial charge on any atom is 0.343 e. The molecule has 0 spiro atoms. The second kappa shape index (κ2) is 9.43. The van der Waals surface area contributed by atoms with Gasteiger partial charge in [0.25, 0.3) is 5.91 Å². The summed E-state index contributed by atoms with van der Waals surface area (Å²) in [6.45, 7) is -0.234. The first-order chi connectivity index (χ1) is 14.4. The fourth-order valence-corrected chi connectivity index (χ4v) is 2.52. The van der Waals surface area contributed by atoms with Gasteiger partial charge in [0.15, 0.2) is 0 Å². The van der Waals surface area contributed by atoms with Crippen molar-refractivity contribution in [3.05, 3.63) is 87.2 Å². The monoisotopic (exact) mass is 427 g/mol. The average molecular weight is 428 g/mol. The van der Waals surface area contributed by atoms with E-state index >= 15 is 0 Å². The summed E-state index contributed by atoms with van der Waals surface area (Å²) in [4.78, 5) is 34.0. The molecule has 3 rings (SSSR count). The third kappa shape index (κ3) is 5.72. The van der Waals surface area contributed by atoms with Gasteiger partial charge in [-0.05, 0) is 35.9 Å². The minimum absolute atomic E-state index is 0.213. The summed E-state index contributed by atoms with van der Waals surface area (Å²) >= 11 is 5.87. The molecular formula is C19H14ClN5O5. The summed E-state index contributed by atoms with van der Waals surface area (Å²) in [7, 11) is 0. The van der Waals surface area contributed by atoms with Crippen molar-refractivity contribution < 1.29 is 19.2 Å². The highest BCUT2D eigenvalue weighted by Crippen LogP contribution is 2.16. The number of aromatic nitrogens is 2. The Morgan fingerprint density at radius 2 is 2.07 bits per heavy atom. The molecule has 152 valence electrons. The molecule has 1 heterocycles. The molecule has 10 nitrogen and oxygen atoms in total. The van der Waals surface area contributed by atoms with Crippen molar-refractivity contribution in [1.29, 1.82) is 0 Å². The smallest absolute Gasteiger partial charge is 0.343 e. The van der Waals surface area contributed by atoms with E-state index in [4.69, 9.17) is 16.3 Å². The number of rotatable bonds is 7. The van der Waals surface area contributed by atoms with Crippen LogP contribution in [0, 0.1) is 10.1 Å². The number of ether oxygens (including phenoxy) is 1. The Morgan fingerprint density at radius 1 is 1.27 bits per heavy atom. The molecule has 0 bridgehead atoms. The summed E-state index contributed by atoms with van der Waals surface area (Å²) in [5, 5.41) is 18.6. The zero-order valence-electron chi connectivity index (χ0n) is 15.3. The van der Waals surface area contributed by atoms with Gasteiger partial charge in [-0.2, -0.15) is 10.2 Å². The third-order valence-corrected chi connectivity index (χ3v) is 3.90. The number of carbonyl (C=O) groups excluding carboxylic acids is 2. The lowest BCUT2D eigenvalue weighted by Gasteiger charge is -2.05. The lowest BCUT2D eigenvalue weighted by molar-refractivity contribution is -0.385. The van der Waals surface area contributed by atoms with Gasteiger partial charge in [-0.3, -0.25) is 19.6 Å². The summed E-state index contributed by atoms with van der Waals surface area (Å²) in [6.07, 6.45) is 3.55. The number of nitro groups is 1. The van der Waals surface area contributed by atoms with Crippen molar-refractivity contribution >= 4 is 35.4 Å². The summed E-state index contributed by atoms with van der Waals surface area (Å²) in [6, 6.07) is 12.9. The minimum Gasteiger partial charge on any atom is -0.423 e. The number of carbonyl (C=O) groups is 2. The van der Waals surface area contributed by atoms with Gasteiger partial charge in [-0.25, -0.2) is 10.2 Å². The predicted octanol–water partition coefficient (Wildman–Crippen LogP) is 2.81. The Morgan fingerprint density at radius 3 is 2.80 bits per heavy atom. The van der Waals surface area contributed by atoms with Crippen LogP contribution in [0.15, 0.2) is 66.0 Å². The fraction of sp³-hybridized carbons (Fsp3) is 0.0526. The molecule has 11 heteroatoms. The number of benzene rings is 2. The second-order valence-electron chi connectivity index (χ2n) is 5.92. The maximum absolute atomic E-state index is 12.2. The number of hydrazone groups is 1. The van der Waals surface area contributed by atoms with Crippen LogP contribution in [-0.4, -0.2) is 32.8 Å². The molecule has 0 aliphatic carbocycles. The standard InChI is InChI=1S/C19H14ClN5O5/c20-15-5-2-4-14(8-15)19(27)30-17-6-1-3-13(7-17)9-21-23-18(26)12-24-11-16(10-22-24)25(28)29/h1-11H,12H2,(H,23,26)/b21-9+. The van der Waals surface area contributed by atoms with Crippen LogP contribution in [0.25, 0.3) is 0 Å². The van der Waals surface area contributed by atoms with Crippen LogP contribution in [0.5, 0.6) is 5.75 Å². The second-order valence-corrected chi connectivity index (χ2v) is 6.36. The highest BCUT2D eigenvalue weighted by Gasteiger charge is 2.11. The van der Waals surface area contributed by atoms with E-state index in [1.165, 1.54) is 12.3 Å². The van der Waals surface area contributed by atoms with E-state index < -0.39 is 16.8 Å². The molecule has 1 N–H and O–H groups in total. The van der Waals surface area contributed by atoms with E-state index in [9.17, 15) is 19.7 Å². The molecule has 0 aliphatic rings. The number of nitrogens with zero attached hydrogens (tertiary/aromatic N) is 4. The van der Waals surface area contributed by atoms with Gasteiger partial charge in [0, 0.05) is 5.02 Å². The maximum atomic E-state index is 12.2. The molecule has 0 aliphatic heterocycles. The summed E-state index contributed by atoms with van der Waals surface area (Å²) < 4.78 is 6.43. The summed E-state index contributed by atoms with van der Waals surface area (Å²) in [5.41, 5.74) is 2.96. The van der Waals surface area contributed by atoms with Crippen molar-refractivity contribution in [2.24, 2.45) is 5.10 Å². The van der Waals surface area contributed by atoms with E-state index in [0.29, 0.717) is 21.9 Å². The number of hydrogen-bond acceptors (Lipinski definition) is 7. The summed E-state index contributed by atoms with van der Waals surface area (Å²) in [5.74, 6) is -0.792. The van der Waals surface area contributed by atoms with Crippen LogP contribution in [0.4, 0.5) is 5.69 Å². The van der Waals surface area contributed by atoms with Crippen LogP contribution in [0.1, 0.15) is 15.9 Å². The van der Waals surface area contributed by atoms with Crippen molar-refractivity contribution in [1.82, 2.24) is 15.2 Å². The van der Waals surface area contributed by atoms with Crippen LogP contribution in [0.2, 0.25) is 5.02 Å². The van der Waals surface area contributed by atoms with Crippen LogP contribution in [-0.2, 0) is 11.3 Å². The highest BCUT2D eigenvalue weighted by atomic mass is 35.5. The molecule has 0 saturated heterocycles. The van der Waals surface area contributed by atoms with Gasteiger partial charge in [-0.15, -0.1) is 0 Å². The van der Waals surface area contributed by atoms with Crippen molar-refractivity contribution in [2.75, 3.05) is 0 Å². The van der Waals surface area contributed by atoms with Crippen molar-refractivity contribution in [3.8, 4) is 5.75 Å². The van der Waals surface area contributed by atoms with E-state index in [0.717, 1.165) is 17.1 Å².